The van der Waals surface area contributed by atoms with Crippen LogP contribution >= 0.6 is 0 Å². The van der Waals surface area contributed by atoms with Crippen molar-refractivity contribution >= 4 is 11.8 Å². The van der Waals surface area contributed by atoms with Crippen molar-refractivity contribution in [2.45, 2.75) is 69.5 Å². The molecule has 0 radical (unpaired) electrons. The molecule has 0 aromatic heterocycles. The van der Waals surface area contributed by atoms with Gasteiger partial charge in [-0.05, 0) is 43.4 Å². The smallest absolute Gasteiger partial charge is 0.250 e. The van der Waals surface area contributed by atoms with Gasteiger partial charge in [-0.2, -0.15) is 0 Å². The molecule has 1 atom stereocenters. The first-order chi connectivity index (χ1) is 13.6. The molecule has 1 saturated heterocycles. The largest absolute Gasteiger partial charge is 0.493 e. The third kappa shape index (κ3) is 3.56. The summed E-state index contributed by atoms with van der Waals surface area (Å²) in [4.78, 5) is 30.4. The molecular formula is C22H30N2O4. The van der Waals surface area contributed by atoms with Crippen molar-refractivity contribution in [1.29, 1.82) is 0 Å². The maximum Gasteiger partial charge on any atom is 0.250 e. The summed E-state index contributed by atoms with van der Waals surface area (Å²) >= 11 is 0. The monoisotopic (exact) mass is 386 g/mol. The van der Waals surface area contributed by atoms with Crippen LogP contribution in [0.1, 0.15) is 63.0 Å². The van der Waals surface area contributed by atoms with Crippen LogP contribution in [0, 0.1) is 0 Å². The highest BCUT2D eigenvalue weighted by Crippen LogP contribution is 2.41. The minimum Gasteiger partial charge on any atom is -0.493 e. The molecule has 0 N–H and O–H groups in total. The van der Waals surface area contributed by atoms with E-state index in [1.54, 1.807) is 14.2 Å². The first kappa shape index (κ1) is 19.1. The Balaban J connectivity index is 1.68. The van der Waals surface area contributed by atoms with Crippen molar-refractivity contribution in [2.24, 2.45) is 0 Å². The van der Waals surface area contributed by atoms with Crippen LogP contribution in [0.3, 0.4) is 0 Å². The van der Waals surface area contributed by atoms with Gasteiger partial charge in [0.15, 0.2) is 11.5 Å². The van der Waals surface area contributed by atoms with Gasteiger partial charge in [0.2, 0.25) is 5.91 Å². The predicted molar refractivity (Wildman–Crippen MR) is 105 cm³/mol. The van der Waals surface area contributed by atoms with E-state index in [-0.39, 0.29) is 30.4 Å². The van der Waals surface area contributed by atoms with E-state index in [1.807, 2.05) is 28.0 Å². The van der Waals surface area contributed by atoms with E-state index in [0.717, 1.165) is 44.1 Å². The van der Waals surface area contributed by atoms with Crippen LogP contribution in [0.4, 0.5) is 0 Å². The molecule has 4 rings (SSSR count). The number of hydrogen-bond acceptors (Lipinski definition) is 4. The second-order valence-electron chi connectivity index (χ2n) is 8.16. The average Bonchev–Trinajstić information content (AvgIpc) is 3.55. The van der Waals surface area contributed by atoms with E-state index in [0.29, 0.717) is 11.5 Å². The van der Waals surface area contributed by atoms with Gasteiger partial charge in [0.05, 0.1) is 14.2 Å². The maximum atomic E-state index is 13.6. The highest BCUT2D eigenvalue weighted by molar-refractivity contribution is 5.96. The van der Waals surface area contributed by atoms with Crippen LogP contribution in [-0.2, 0) is 9.59 Å². The maximum absolute atomic E-state index is 13.6. The number of benzene rings is 1. The molecule has 1 unspecified atom stereocenters. The molecule has 1 aromatic carbocycles. The fourth-order valence-corrected chi connectivity index (χ4v) is 4.70. The Morgan fingerprint density at radius 1 is 0.857 bits per heavy atom. The van der Waals surface area contributed by atoms with Gasteiger partial charge in [-0.15, -0.1) is 0 Å². The molecule has 28 heavy (non-hydrogen) atoms. The Hall–Kier alpha value is -2.24. The first-order valence-electron chi connectivity index (χ1n) is 10.5. The van der Waals surface area contributed by atoms with Crippen LogP contribution in [0.15, 0.2) is 18.2 Å². The minimum atomic E-state index is -0.559. The number of hydrogen-bond donors (Lipinski definition) is 0. The molecule has 3 aliphatic rings. The number of nitrogens with zero attached hydrogens (tertiary/aromatic N) is 2. The van der Waals surface area contributed by atoms with Gasteiger partial charge in [-0.25, -0.2) is 0 Å². The van der Waals surface area contributed by atoms with Crippen LogP contribution in [-0.4, -0.2) is 54.5 Å². The fourth-order valence-electron chi connectivity index (χ4n) is 4.70. The standard InChI is InChI=1S/C22H30N2O4/c1-27-18-12-9-15(13-19(18)28-2)21-22(26)23(16-7-5-3-4-6-8-16)14-20(25)24(21)17-10-11-17/h9,12-13,16-17,21H,3-8,10-11,14H2,1-2H3. The number of methoxy groups -OCH3 is 2. The summed E-state index contributed by atoms with van der Waals surface area (Å²) in [6.07, 6.45) is 8.67. The highest BCUT2D eigenvalue weighted by atomic mass is 16.5. The van der Waals surface area contributed by atoms with Gasteiger partial charge < -0.3 is 19.3 Å². The summed E-state index contributed by atoms with van der Waals surface area (Å²) in [6.45, 7) is 0.226. The Labute approximate surface area is 166 Å². The summed E-state index contributed by atoms with van der Waals surface area (Å²) < 4.78 is 10.8. The number of ether oxygens (including phenoxy) is 2. The summed E-state index contributed by atoms with van der Waals surface area (Å²) in [6, 6.07) is 5.37. The van der Waals surface area contributed by atoms with Gasteiger partial charge in [0, 0.05) is 12.1 Å². The first-order valence-corrected chi connectivity index (χ1v) is 10.5. The number of carbonyl (C=O) groups excluding carboxylic acids is 2. The molecule has 1 heterocycles. The lowest BCUT2D eigenvalue weighted by molar-refractivity contribution is -0.159. The molecule has 1 aliphatic heterocycles. The SMILES string of the molecule is COc1ccc(C2C(=O)N(C3CCCCCC3)CC(=O)N2C2CC2)cc1OC. The van der Waals surface area contributed by atoms with Gasteiger partial charge >= 0.3 is 0 Å². The molecule has 0 bridgehead atoms. The molecule has 6 nitrogen and oxygen atoms in total. The Kier molecular flexibility index (Phi) is 5.47. The molecule has 3 fully saturated rings. The van der Waals surface area contributed by atoms with Crippen molar-refractivity contribution in [2.75, 3.05) is 20.8 Å². The fraction of sp³-hybridized carbons (Fsp3) is 0.636. The Bertz CT molecular complexity index is 738. The van der Waals surface area contributed by atoms with Gasteiger partial charge in [-0.1, -0.05) is 31.7 Å². The second kappa shape index (κ2) is 8.02. The van der Waals surface area contributed by atoms with Crippen molar-refractivity contribution in [1.82, 2.24) is 9.80 Å². The molecule has 1 aromatic rings. The van der Waals surface area contributed by atoms with Crippen molar-refractivity contribution in [3.05, 3.63) is 23.8 Å². The van der Waals surface area contributed by atoms with Gasteiger partial charge in [0.1, 0.15) is 12.6 Å². The summed E-state index contributed by atoms with van der Waals surface area (Å²) in [5, 5.41) is 0. The average molecular weight is 386 g/mol. The van der Waals surface area contributed by atoms with Crippen molar-refractivity contribution in [3.8, 4) is 11.5 Å². The third-order valence-corrected chi connectivity index (χ3v) is 6.32. The molecule has 2 aliphatic carbocycles. The molecule has 6 heteroatoms. The summed E-state index contributed by atoms with van der Waals surface area (Å²) in [5.41, 5.74) is 0.807. The molecule has 2 saturated carbocycles. The third-order valence-electron chi connectivity index (χ3n) is 6.32. The van der Waals surface area contributed by atoms with Crippen LogP contribution in [0.2, 0.25) is 0 Å². The number of rotatable bonds is 5. The van der Waals surface area contributed by atoms with E-state index in [2.05, 4.69) is 0 Å². The number of carbonyl (C=O) groups is 2. The van der Waals surface area contributed by atoms with Crippen molar-refractivity contribution in [3.63, 3.8) is 0 Å². The predicted octanol–water partition coefficient (Wildman–Crippen LogP) is 3.30. The van der Waals surface area contributed by atoms with E-state index >= 15 is 0 Å². The molecule has 152 valence electrons. The van der Waals surface area contributed by atoms with Crippen LogP contribution in [0.25, 0.3) is 0 Å². The molecule has 0 spiro atoms. The Morgan fingerprint density at radius 2 is 1.54 bits per heavy atom. The zero-order valence-corrected chi connectivity index (χ0v) is 16.9. The zero-order chi connectivity index (χ0) is 19.7. The van der Waals surface area contributed by atoms with E-state index < -0.39 is 6.04 Å². The van der Waals surface area contributed by atoms with E-state index in [4.69, 9.17) is 9.47 Å². The number of piperazine rings is 1. The lowest BCUT2D eigenvalue weighted by Crippen LogP contribution is -2.58. The summed E-state index contributed by atoms with van der Waals surface area (Å²) in [5.74, 6) is 1.35. The lowest BCUT2D eigenvalue weighted by Gasteiger charge is -2.44. The quantitative estimate of drug-likeness (QED) is 0.729. The van der Waals surface area contributed by atoms with Gasteiger partial charge in [-0.3, -0.25) is 9.59 Å². The van der Waals surface area contributed by atoms with Crippen LogP contribution in [0.5, 0.6) is 11.5 Å². The normalized spacial score (nSPS) is 24.3. The lowest BCUT2D eigenvalue weighted by atomic mass is 9.97. The number of amides is 2. The minimum absolute atomic E-state index is 0.0608. The van der Waals surface area contributed by atoms with Crippen LogP contribution < -0.4 is 9.47 Å². The summed E-state index contributed by atoms with van der Waals surface area (Å²) in [7, 11) is 3.18. The topological polar surface area (TPSA) is 59.1 Å². The Morgan fingerprint density at radius 3 is 2.14 bits per heavy atom. The molecular weight excluding hydrogens is 356 g/mol. The zero-order valence-electron chi connectivity index (χ0n) is 16.9. The highest BCUT2D eigenvalue weighted by Gasteiger charge is 2.48. The van der Waals surface area contributed by atoms with Gasteiger partial charge in [0.25, 0.3) is 5.91 Å². The van der Waals surface area contributed by atoms with E-state index in [1.165, 1.54) is 12.8 Å². The molecule has 2 amide bonds. The second-order valence-corrected chi connectivity index (χ2v) is 8.16. The van der Waals surface area contributed by atoms with E-state index in [9.17, 15) is 9.59 Å². The van der Waals surface area contributed by atoms with Crippen molar-refractivity contribution < 1.29 is 19.1 Å².